The normalized spacial score (nSPS) is 10.0. The summed E-state index contributed by atoms with van der Waals surface area (Å²) in [6, 6.07) is 14.9. The van der Waals surface area contributed by atoms with Gasteiger partial charge in [-0.3, -0.25) is 4.79 Å². The topological polar surface area (TPSA) is 59.6 Å². The van der Waals surface area contributed by atoms with Gasteiger partial charge in [0.15, 0.2) is 0 Å². The summed E-state index contributed by atoms with van der Waals surface area (Å²) >= 11 is 0. The number of amides is 1. The molecule has 0 bridgehead atoms. The maximum atomic E-state index is 12.0. The van der Waals surface area contributed by atoms with Crippen LogP contribution in [-0.4, -0.2) is 25.7 Å². The van der Waals surface area contributed by atoms with Crippen molar-refractivity contribution in [2.75, 3.05) is 30.4 Å². The molecular formula is C18H22N2O3. The lowest BCUT2D eigenvalue weighted by Crippen LogP contribution is -2.21. The highest BCUT2D eigenvalue weighted by Crippen LogP contribution is 2.18. The van der Waals surface area contributed by atoms with Gasteiger partial charge < -0.3 is 20.1 Å². The Bertz CT molecular complexity index is 644. The molecule has 5 heteroatoms. The number of rotatable bonds is 8. The molecule has 0 fully saturated rings. The van der Waals surface area contributed by atoms with Crippen LogP contribution in [0, 0.1) is 0 Å². The minimum atomic E-state index is -0.125. The van der Waals surface area contributed by atoms with Gasteiger partial charge in [0.25, 0.3) is 0 Å². The SMILES string of the molecule is CCOc1cccc(NCC(=O)Nc2cccc(OCC)c2)c1. The van der Waals surface area contributed by atoms with Crippen LogP contribution in [0.4, 0.5) is 11.4 Å². The van der Waals surface area contributed by atoms with Crippen LogP contribution in [0.3, 0.4) is 0 Å². The van der Waals surface area contributed by atoms with E-state index in [2.05, 4.69) is 10.6 Å². The first-order valence-electron chi connectivity index (χ1n) is 7.70. The number of benzene rings is 2. The lowest BCUT2D eigenvalue weighted by Gasteiger charge is -2.10. The molecule has 23 heavy (non-hydrogen) atoms. The first-order valence-corrected chi connectivity index (χ1v) is 7.70. The van der Waals surface area contributed by atoms with Crippen LogP contribution < -0.4 is 20.1 Å². The Labute approximate surface area is 136 Å². The molecular weight excluding hydrogens is 292 g/mol. The highest BCUT2D eigenvalue weighted by atomic mass is 16.5. The average Bonchev–Trinajstić information content (AvgIpc) is 2.54. The van der Waals surface area contributed by atoms with Gasteiger partial charge in [0, 0.05) is 23.5 Å². The molecule has 5 nitrogen and oxygen atoms in total. The number of carbonyl (C=O) groups is 1. The number of carbonyl (C=O) groups excluding carboxylic acids is 1. The van der Waals surface area contributed by atoms with Gasteiger partial charge in [0.05, 0.1) is 19.8 Å². The number of anilines is 2. The molecule has 2 N–H and O–H groups in total. The zero-order valence-corrected chi connectivity index (χ0v) is 13.5. The Morgan fingerprint density at radius 3 is 2.09 bits per heavy atom. The molecule has 0 radical (unpaired) electrons. The predicted molar refractivity (Wildman–Crippen MR) is 92.3 cm³/mol. The van der Waals surface area contributed by atoms with Crippen LogP contribution in [0.2, 0.25) is 0 Å². The Hall–Kier alpha value is -2.69. The van der Waals surface area contributed by atoms with Gasteiger partial charge in [-0.15, -0.1) is 0 Å². The van der Waals surface area contributed by atoms with Gasteiger partial charge in [0.1, 0.15) is 11.5 Å². The van der Waals surface area contributed by atoms with Crippen molar-refractivity contribution in [2.24, 2.45) is 0 Å². The van der Waals surface area contributed by atoms with E-state index in [0.717, 1.165) is 17.2 Å². The largest absolute Gasteiger partial charge is 0.494 e. The van der Waals surface area contributed by atoms with E-state index in [9.17, 15) is 4.79 Å². The summed E-state index contributed by atoms with van der Waals surface area (Å²) in [6.07, 6.45) is 0. The minimum absolute atomic E-state index is 0.125. The van der Waals surface area contributed by atoms with Crippen LogP contribution in [-0.2, 0) is 4.79 Å². The van der Waals surface area contributed by atoms with Crippen molar-refractivity contribution in [3.63, 3.8) is 0 Å². The third kappa shape index (κ3) is 5.54. The average molecular weight is 314 g/mol. The molecule has 0 aliphatic rings. The van der Waals surface area contributed by atoms with Crippen LogP contribution in [0.1, 0.15) is 13.8 Å². The molecule has 122 valence electrons. The maximum absolute atomic E-state index is 12.0. The van der Waals surface area contributed by atoms with Crippen LogP contribution >= 0.6 is 0 Å². The standard InChI is InChI=1S/C18H22N2O3/c1-3-22-16-9-5-7-14(11-16)19-13-18(21)20-15-8-6-10-17(12-15)23-4-2/h5-12,19H,3-4,13H2,1-2H3,(H,20,21). The van der Waals surface area contributed by atoms with Crippen molar-refractivity contribution in [3.05, 3.63) is 48.5 Å². The fourth-order valence-electron chi connectivity index (χ4n) is 2.08. The summed E-state index contributed by atoms with van der Waals surface area (Å²) in [5.74, 6) is 1.39. The van der Waals surface area contributed by atoms with E-state index in [1.54, 1.807) is 6.07 Å². The molecule has 0 saturated carbocycles. The summed E-state index contributed by atoms with van der Waals surface area (Å²) in [6.45, 7) is 5.24. The lowest BCUT2D eigenvalue weighted by molar-refractivity contribution is -0.114. The second kappa shape index (κ2) is 8.68. The van der Waals surface area contributed by atoms with Crippen molar-refractivity contribution in [1.29, 1.82) is 0 Å². The Morgan fingerprint density at radius 2 is 1.48 bits per heavy atom. The third-order valence-electron chi connectivity index (χ3n) is 3.03. The van der Waals surface area contributed by atoms with Crippen LogP contribution in [0.15, 0.2) is 48.5 Å². The fourth-order valence-corrected chi connectivity index (χ4v) is 2.08. The first kappa shape index (κ1) is 16.7. The molecule has 0 unspecified atom stereocenters. The minimum Gasteiger partial charge on any atom is -0.494 e. The summed E-state index contributed by atoms with van der Waals surface area (Å²) < 4.78 is 10.8. The van der Waals surface area contributed by atoms with Gasteiger partial charge in [-0.25, -0.2) is 0 Å². The highest BCUT2D eigenvalue weighted by Gasteiger charge is 2.04. The molecule has 0 atom stereocenters. The fraction of sp³-hybridized carbons (Fsp3) is 0.278. The zero-order valence-electron chi connectivity index (χ0n) is 13.5. The molecule has 1 amide bonds. The van der Waals surface area contributed by atoms with Crippen molar-refractivity contribution >= 4 is 17.3 Å². The number of hydrogen-bond donors (Lipinski definition) is 2. The van der Waals surface area contributed by atoms with E-state index in [1.807, 2.05) is 56.3 Å². The molecule has 0 saturated heterocycles. The third-order valence-corrected chi connectivity index (χ3v) is 3.03. The van der Waals surface area contributed by atoms with E-state index < -0.39 is 0 Å². The van der Waals surface area contributed by atoms with Crippen molar-refractivity contribution in [1.82, 2.24) is 0 Å². The van der Waals surface area contributed by atoms with E-state index in [-0.39, 0.29) is 12.5 Å². The molecule has 2 aromatic carbocycles. The Kier molecular flexibility index (Phi) is 6.29. The van der Waals surface area contributed by atoms with E-state index >= 15 is 0 Å². The number of hydrogen-bond acceptors (Lipinski definition) is 4. The van der Waals surface area contributed by atoms with E-state index in [4.69, 9.17) is 9.47 Å². The molecule has 0 aliphatic heterocycles. The second-order valence-corrected chi connectivity index (χ2v) is 4.82. The quantitative estimate of drug-likeness (QED) is 0.782. The molecule has 2 rings (SSSR count). The van der Waals surface area contributed by atoms with Gasteiger partial charge in [-0.1, -0.05) is 12.1 Å². The monoisotopic (exact) mass is 314 g/mol. The smallest absolute Gasteiger partial charge is 0.243 e. The maximum Gasteiger partial charge on any atom is 0.243 e. The van der Waals surface area contributed by atoms with E-state index in [0.29, 0.717) is 18.9 Å². The molecule has 0 spiro atoms. The van der Waals surface area contributed by atoms with Crippen LogP contribution in [0.25, 0.3) is 0 Å². The summed E-state index contributed by atoms with van der Waals surface area (Å²) in [5.41, 5.74) is 1.56. The van der Waals surface area contributed by atoms with Crippen molar-refractivity contribution < 1.29 is 14.3 Å². The molecule has 2 aromatic rings. The van der Waals surface area contributed by atoms with Gasteiger partial charge >= 0.3 is 0 Å². The predicted octanol–water partition coefficient (Wildman–Crippen LogP) is 3.53. The van der Waals surface area contributed by atoms with Gasteiger partial charge in [-0.05, 0) is 38.1 Å². The highest BCUT2D eigenvalue weighted by molar-refractivity contribution is 5.93. The number of ether oxygens (including phenoxy) is 2. The Morgan fingerprint density at radius 1 is 0.913 bits per heavy atom. The van der Waals surface area contributed by atoms with Crippen molar-refractivity contribution in [3.8, 4) is 11.5 Å². The first-order chi connectivity index (χ1) is 11.2. The summed E-state index contributed by atoms with van der Waals surface area (Å²) in [7, 11) is 0. The lowest BCUT2D eigenvalue weighted by atomic mass is 10.3. The summed E-state index contributed by atoms with van der Waals surface area (Å²) in [4.78, 5) is 12.0. The van der Waals surface area contributed by atoms with Crippen LogP contribution in [0.5, 0.6) is 11.5 Å². The Balaban J connectivity index is 1.87. The molecule has 0 aliphatic carbocycles. The zero-order chi connectivity index (χ0) is 16.5. The molecule has 0 heterocycles. The molecule has 0 aromatic heterocycles. The van der Waals surface area contributed by atoms with Crippen molar-refractivity contribution in [2.45, 2.75) is 13.8 Å². The van der Waals surface area contributed by atoms with Gasteiger partial charge in [-0.2, -0.15) is 0 Å². The summed E-state index contributed by atoms with van der Waals surface area (Å²) in [5, 5.41) is 5.92. The number of nitrogens with one attached hydrogen (secondary N) is 2. The van der Waals surface area contributed by atoms with Gasteiger partial charge in [0.2, 0.25) is 5.91 Å². The van der Waals surface area contributed by atoms with E-state index in [1.165, 1.54) is 0 Å². The second-order valence-electron chi connectivity index (χ2n) is 4.82.